The number of hydrogen-bond acceptors (Lipinski definition) is 4. The van der Waals surface area contributed by atoms with Crippen molar-refractivity contribution < 1.29 is 17.4 Å². The third-order valence-electron chi connectivity index (χ3n) is 3.69. The molecule has 6 heteroatoms. The summed E-state index contributed by atoms with van der Waals surface area (Å²) in [6.07, 6.45) is 0. The number of nitrogens with two attached hydrogens (primary N) is 1. The molecule has 0 unspecified atom stereocenters. The monoisotopic (exact) mass is 347 g/mol. The van der Waals surface area contributed by atoms with Gasteiger partial charge in [0.1, 0.15) is 10.6 Å². The standard InChI is InChI=1S/C18H21NO4S/c1-12-5-10-15(11-16(12)17(19)20)24(21,22)23-14-8-6-13(7-9-14)18(2,3)4/h5-11H,1-4H3,(H2,19,20). The maximum Gasteiger partial charge on any atom is 0.339 e. The van der Waals surface area contributed by atoms with Crippen LogP contribution in [0.3, 0.4) is 0 Å². The number of rotatable bonds is 4. The van der Waals surface area contributed by atoms with Crippen molar-refractivity contribution in [2.24, 2.45) is 5.73 Å². The Bertz CT molecular complexity index is 863. The van der Waals surface area contributed by atoms with Crippen LogP contribution in [0.5, 0.6) is 5.75 Å². The Hall–Kier alpha value is -2.34. The lowest BCUT2D eigenvalue weighted by atomic mass is 9.87. The number of amides is 1. The largest absolute Gasteiger partial charge is 0.379 e. The van der Waals surface area contributed by atoms with E-state index < -0.39 is 16.0 Å². The van der Waals surface area contributed by atoms with Crippen LogP contribution >= 0.6 is 0 Å². The summed E-state index contributed by atoms with van der Waals surface area (Å²) in [6, 6.07) is 11.0. The van der Waals surface area contributed by atoms with Gasteiger partial charge in [-0.15, -0.1) is 0 Å². The minimum absolute atomic E-state index is 0.0370. The Labute approximate surface area is 142 Å². The molecule has 5 nitrogen and oxygen atoms in total. The molecule has 0 radical (unpaired) electrons. The van der Waals surface area contributed by atoms with E-state index in [-0.39, 0.29) is 21.6 Å². The third-order valence-corrected chi connectivity index (χ3v) is 4.93. The summed E-state index contributed by atoms with van der Waals surface area (Å²) in [4.78, 5) is 11.3. The lowest BCUT2D eigenvalue weighted by molar-refractivity contribution is 0.0999. The van der Waals surface area contributed by atoms with E-state index in [2.05, 4.69) is 20.8 Å². The van der Waals surface area contributed by atoms with Crippen molar-refractivity contribution in [1.29, 1.82) is 0 Å². The van der Waals surface area contributed by atoms with Gasteiger partial charge in [-0.05, 0) is 47.7 Å². The fourth-order valence-corrected chi connectivity index (χ4v) is 3.16. The predicted molar refractivity (Wildman–Crippen MR) is 92.7 cm³/mol. The SMILES string of the molecule is Cc1ccc(S(=O)(=O)Oc2ccc(C(C)(C)C)cc2)cc1C(N)=O. The normalized spacial score (nSPS) is 12.0. The minimum Gasteiger partial charge on any atom is -0.379 e. The van der Waals surface area contributed by atoms with Gasteiger partial charge < -0.3 is 9.92 Å². The van der Waals surface area contributed by atoms with Crippen LogP contribution in [0.25, 0.3) is 0 Å². The smallest absolute Gasteiger partial charge is 0.339 e. The second-order valence-electron chi connectivity index (χ2n) is 6.65. The number of primary amides is 1. The molecule has 0 heterocycles. The van der Waals surface area contributed by atoms with E-state index in [0.717, 1.165) is 5.56 Å². The van der Waals surface area contributed by atoms with Crippen LogP contribution < -0.4 is 9.92 Å². The van der Waals surface area contributed by atoms with Gasteiger partial charge in [-0.25, -0.2) is 0 Å². The number of carbonyl (C=O) groups excluding carboxylic acids is 1. The van der Waals surface area contributed by atoms with Crippen LogP contribution in [-0.4, -0.2) is 14.3 Å². The molecule has 2 N–H and O–H groups in total. The second kappa shape index (κ2) is 6.28. The summed E-state index contributed by atoms with van der Waals surface area (Å²) in [7, 11) is -4.04. The van der Waals surface area contributed by atoms with Crippen molar-refractivity contribution in [2.45, 2.75) is 38.0 Å². The molecule has 0 aromatic heterocycles. The van der Waals surface area contributed by atoms with Crippen molar-refractivity contribution in [2.75, 3.05) is 0 Å². The Morgan fingerprint density at radius 1 is 1.04 bits per heavy atom. The third kappa shape index (κ3) is 3.94. The molecule has 1 amide bonds. The van der Waals surface area contributed by atoms with E-state index in [1.165, 1.54) is 18.2 Å². The number of carbonyl (C=O) groups is 1. The number of hydrogen-bond donors (Lipinski definition) is 1. The zero-order valence-corrected chi connectivity index (χ0v) is 15.0. The summed E-state index contributed by atoms with van der Waals surface area (Å²) in [6.45, 7) is 7.88. The lowest BCUT2D eigenvalue weighted by Crippen LogP contribution is -2.16. The maximum atomic E-state index is 12.4. The van der Waals surface area contributed by atoms with Gasteiger partial charge in [-0.2, -0.15) is 8.42 Å². The Balaban J connectivity index is 2.32. The molecule has 2 aromatic rings. The molecule has 0 aliphatic rings. The average Bonchev–Trinajstić information content (AvgIpc) is 2.46. The first-order valence-corrected chi connectivity index (χ1v) is 8.87. The summed E-state index contributed by atoms with van der Waals surface area (Å²) in [5.41, 5.74) is 7.06. The minimum atomic E-state index is -4.04. The van der Waals surface area contributed by atoms with Gasteiger partial charge in [0, 0.05) is 5.56 Å². The number of aryl methyl sites for hydroxylation is 1. The van der Waals surface area contributed by atoms with E-state index in [4.69, 9.17) is 9.92 Å². The average molecular weight is 347 g/mol. The van der Waals surface area contributed by atoms with Gasteiger partial charge in [-0.3, -0.25) is 4.79 Å². The van der Waals surface area contributed by atoms with Gasteiger partial charge in [0.05, 0.1) is 0 Å². The first-order valence-electron chi connectivity index (χ1n) is 7.46. The van der Waals surface area contributed by atoms with Crippen LogP contribution in [0.4, 0.5) is 0 Å². The van der Waals surface area contributed by atoms with Gasteiger partial charge in [0.2, 0.25) is 5.91 Å². The molecule has 2 rings (SSSR count). The van der Waals surface area contributed by atoms with E-state index in [1.54, 1.807) is 19.1 Å². The quantitative estimate of drug-likeness (QED) is 0.861. The van der Waals surface area contributed by atoms with Crippen LogP contribution in [0.15, 0.2) is 47.4 Å². The summed E-state index contributed by atoms with van der Waals surface area (Å²) in [5.74, 6) is -0.469. The molecule has 0 spiro atoms. The molecular weight excluding hydrogens is 326 g/mol. The molecule has 128 valence electrons. The molecule has 0 saturated heterocycles. The van der Waals surface area contributed by atoms with E-state index in [1.807, 2.05) is 12.1 Å². The Morgan fingerprint density at radius 2 is 1.62 bits per heavy atom. The van der Waals surface area contributed by atoms with Gasteiger partial charge in [-0.1, -0.05) is 39.0 Å². The van der Waals surface area contributed by atoms with Crippen LogP contribution in [0.1, 0.15) is 42.3 Å². The van der Waals surface area contributed by atoms with Crippen molar-refractivity contribution in [3.8, 4) is 5.75 Å². The fraction of sp³-hybridized carbons (Fsp3) is 0.278. The molecule has 0 fully saturated rings. The van der Waals surface area contributed by atoms with Crippen LogP contribution in [0, 0.1) is 6.92 Å². The molecule has 0 bridgehead atoms. The summed E-state index contributed by atoms with van der Waals surface area (Å²) < 4.78 is 29.9. The van der Waals surface area contributed by atoms with Gasteiger partial charge in [0.15, 0.2) is 0 Å². The second-order valence-corrected chi connectivity index (χ2v) is 8.20. The molecule has 0 saturated carbocycles. The molecule has 24 heavy (non-hydrogen) atoms. The summed E-state index contributed by atoms with van der Waals surface area (Å²) in [5, 5.41) is 0. The van der Waals surface area contributed by atoms with Crippen LogP contribution in [-0.2, 0) is 15.5 Å². The van der Waals surface area contributed by atoms with Crippen molar-refractivity contribution in [3.63, 3.8) is 0 Å². The Morgan fingerprint density at radius 3 is 2.12 bits per heavy atom. The van der Waals surface area contributed by atoms with Gasteiger partial charge >= 0.3 is 10.1 Å². The molecule has 0 atom stereocenters. The van der Waals surface area contributed by atoms with E-state index in [0.29, 0.717) is 5.56 Å². The zero-order chi connectivity index (χ0) is 18.1. The van der Waals surface area contributed by atoms with Crippen molar-refractivity contribution in [1.82, 2.24) is 0 Å². The van der Waals surface area contributed by atoms with Crippen molar-refractivity contribution >= 4 is 16.0 Å². The first-order chi connectivity index (χ1) is 11.0. The highest BCUT2D eigenvalue weighted by molar-refractivity contribution is 7.87. The lowest BCUT2D eigenvalue weighted by Gasteiger charge is -2.19. The van der Waals surface area contributed by atoms with Crippen molar-refractivity contribution in [3.05, 3.63) is 59.2 Å². The van der Waals surface area contributed by atoms with Gasteiger partial charge in [0.25, 0.3) is 0 Å². The maximum absolute atomic E-state index is 12.4. The molecule has 0 aliphatic carbocycles. The number of benzene rings is 2. The first kappa shape index (κ1) is 18.0. The highest BCUT2D eigenvalue weighted by atomic mass is 32.2. The van der Waals surface area contributed by atoms with Crippen LogP contribution in [0.2, 0.25) is 0 Å². The molecule has 0 aliphatic heterocycles. The highest BCUT2D eigenvalue weighted by Crippen LogP contribution is 2.26. The summed E-state index contributed by atoms with van der Waals surface area (Å²) >= 11 is 0. The highest BCUT2D eigenvalue weighted by Gasteiger charge is 2.20. The zero-order valence-electron chi connectivity index (χ0n) is 14.2. The fourth-order valence-electron chi connectivity index (χ4n) is 2.21. The molecule has 2 aromatic carbocycles. The Kier molecular flexibility index (Phi) is 4.71. The van der Waals surface area contributed by atoms with E-state index in [9.17, 15) is 13.2 Å². The molecular formula is C18H21NO4S. The van der Waals surface area contributed by atoms with E-state index >= 15 is 0 Å². The topological polar surface area (TPSA) is 86.5 Å². The predicted octanol–water partition coefficient (Wildman–Crippen LogP) is 3.16.